The highest BCUT2D eigenvalue weighted by atomic mass is 15.4. The van der Waals surface area contributed by atoms with Crippen molar-refractivity contribution in [3.8, 4) is 0 Å². The maximum atomic E-state index is 4.03. The molecule has 0 amide bonds. The molecular weight excluding hydrogens is 136 g/mol. The summed E-state index contributed by atoms with van der Waals surface area (Å²) >= 11 is 0. The van der Waals surface area contributed by atoms with E-state index in [4.69, 9.17) is 0 Å². The molecule has 2 heteroatoms. The first kappa shape index (κ1) is 6.77. The number of hydrogen-bond acceptors (Lipinski definition) is 2. The Morgan fingerprint density at radius 1 is 1.64 bits per heavy atom. The molecule has 11 heavy (non-hydrogen) atoms. The topological polar surface area (TPSA) is 6.48 Å². The van der Waals surface area contributed by atoms with Crippen LogP contribution in [0, 0.1) is 0 Å². The van der Waals surface area contributed by atoms with Gasteiger partial charge in [0.2, 0.25) is 0 Å². The molecule has 2 aliphatic heterocycles. The first-order valence-corrected chi connectivity index (χ1v) is 4.02. The van der Waals surface area contributed by atoms with Gasteiger partial charge >= 0.3 is 0 Å². The normalized spacial score (nSPS) is 29.5. The minimum absolute atomic E-state index is 0.580. The van der Waals surface area contributed by atoms with Crippen molar-refractivity contribution < 1.29 is 0 Å². The average Bonchev–Trinajstić information content (AvgIpc) is 2.16. The van der Waals surface area contributed by atoms with Crippen molar-refractivity contribution >= 4 is 0 Å². The second-order valence-electron chi connectivity index (χ2n) is 3.49. The van der Waals surface area contributed by atoms with Crippen LogP contribution >= 0.6 is 0 Å². The second kappa shape index (κ2) is 2.03. The summed E-state index contributed by atoms with van der Waals surface area (Å²) in [5.41, 5.74) is 1.46. The predicted octanol–water partition coefficient (Wildman–Crippen LogP) is 1.03. The molecule has 2 aliphatic rings. The Balaban J connectivity index is 2.31. The molecule has 1 saturated heterocycles. The van der Waals surface area contributed by atoms with Crippen LogP contribution in [0.5, 0.6) is 0 Å². The Morgan fingerprint density at radius 2 is 2.36 bits per heavy atom. The van der Waals surface area contributed by atoms with Crippen molar-refractivity contribution in [1.82, 2.24) is 9.80 Å². The lowest BCUT2D eigenvalue weighted by Crippen LogP contribution is -2.27. The molecule has 0 radical (unpaired) electrons. The van der Waals surface area contributed by atoms with Gasteiger partial charge in [-0.2, -0.15) is 0 Å². The molecule has 0 aliphatic carbocycles. The molecule has 0 aromatic rings. The second-order valence-corrected chi connectivity index (χ2v) is 3.49. The molecule has 2 bridgehead atoms. The fourth-order valence-electron chi connectivity index (χ4n) is 1.87. The summed E-state index contributed by atoms with van der Waals surface area (Å²) in [4.78, 5) is 4.58. The third kappa shape index (κ3) is 0.854. The summed E-state index contributed by atoms with van der Waals surface area (Å²) in [5, 5.41) is 0. The van der Waals surface area contributed by atoms with Crippen LogP contribution in [-0.4, -0.2) is 36.0 Å². The van der Waals surface area contributed by atoms with E-state index in [1.807, 2.05) is 0 Å². The molecule has 1 atom stereocenters. The SMILES string of the molecule is C=C1N2CC(C)=CC(C2)N1C. The van der Waals surface area contributed by atoms with E-state index in [0.29, 0.717) is 6.04 Å². The fourth-order valence-corrected chi connectivity index (χ4v) is 1.87. The fraction of sp³-hybridized carbons (Fsp3) is 0.556. The zero-order valence-electron chi connectivity index (χ0n) is 7.17. The smallest absolute Gasteiger partial charge is 0.0971 e. The van der Waals surface area contributed by atoms with Crippen molar-refractivity contribution in [3.63, 3.8) is 0 Å². The van der Waals surface area contributed by atoms with Gasteiger partial charge in [0.25, 0.3) is 0 Å². The van der Waals surface area contributed by atoms with Gasteiger partial charge in [0.1, 0.15) is 0 Å². The highest BCUT2D eigenvalue weighted by Gasteiger charge is 2.31. The molecule has 1 unspecified atom stereocenters. The zero-order valence-corrected chi connectivity index (χ0v) is 7.17. The minimum atomic E-state index is 0.580. The Morgan fingerprint density at radius 3 is 3.00 bits per heavy atom. The molecule has 2 rings (SSSR count). The molecule has 0 saturated carbocycles. The van der Waals surface area contributed by atoms with E-state index < -0.39 is 0 Å². The van der Waals surface area contributed by atoms with Crippen LogP contribution in [0.2, 0.25) is 0 Å². The van der Waals surface area contributed by atoms with Crippen molar-refractivity contribution in [2.24, 2.45) is 0 Å². The lowest BCUT2D eigenvalue weighted by molar-refractivity contribution is 0.395. The van der Waals surface area contributed by atoms with E-state index in [1.165, 1.54) is 11.4 Å². The van der Waals surface area contributed by atoms with Gasteiger partial charge in [-0.3, -0.25) is 0 Å². The first-order valence-electron chi connectivity index (χ1n) is 4.02. The Labute approximate surface area is 67.8 Å². The van der Waals surface area contributed by atoms with Crippen LogP contribution in [0.25, 0.3) is 0 Å². The Kier molecular flexibility index (Phi) is 1.25. The lowest BCUT2D eigenvalue weighted by Gasteiger charge is -2.20. The van der Waals surface area contributed by atoms with Gasteiger partial charge < -0.3 is 9.80 Å². The molecule has 0 spiro atoms. The van der Waals surface area contributed by atoms with Crippen LogP contribution in [0.3, 0.4) is 0 Å². The van der Waals surface area contributed by atoms with Crippen molar-refractivity contribution in [1.29, 1.82) is 0 Å². The van der Waals surface area contributed by atoms with Crippen LogP contribution in [-0.2, 0) is 0 Å². The van der Waals surface area contributed by atoms with E-state index in [1.54, 1.807) is 0 Å². The molecular formula is C9H14N2. The van der Waals surface area contributed by atoms with Crippen molar-refractivity contribution in [3.05, 3.63) is 24.0 Å². The highest BCUT2D eigenvalue weighted by molar-refractivity contribution is 5.21. The molecule has 2 heterocycles. The summed E-state index contributed by atoms with van der Waals surface area (Å²) in [7, 11) is 2.11. The van der Waals surface area contributed by atoms with E-state index in [2.05, 4.69) is 36.4 Å². The van der Waals surface area contributed by atoms with Gasteiger partial charge in [0.05, 0.1) is 11.9 Å². The van der Waals surface area contributed by atoms with Crippen LogP contribution in [0.1, 0.15) is 6.92 Å². The van der Waals surface area contributed by atoms with Gasteiger partial charge in [0.15, 0.2) is 0 Å². The van der Waals surface area contributed by atoms with Gasteiger partial charge in [-0.15, -0.1) is 0 Å². The monoisotopic (exact) mass is 150 g/mol. The maximum absolute atomic E-state index is 4.03. The summed E-state index contributed by atoms with van der Waals surface area (Å²) in [6.45, 7) is 8.42. The third-order valence-electron chi connectivity index (χ3n) is 2.59. The van der Waals surface area contributed by atoms with E-state index in [0.717, 1.165) is 13.1 Å². The van der Waals surface area contributed by atoms with Crippen LogP contribution < -0.4 is 0 Å². The van der Waals surface area contributed by atoms with Gasteiger partial charge in [-0.1, -0.05) is 18.2 Å². The molecule has 0 aromatic heterocycles. The van der Waals surface area contributed by atoms with Gasteiger partial charge in [0, 0.05) is 20.1 Å². The number of rotatable bonds is 0. The van der Waals surface area contributed by atoms with Crippen molar-refractivity contribution in [2.75, 3.05) is 20.1 Å². The first-order chi connectivity index (χ1) is 5.18. The zero-order chi connectivity index (χ0) is 8.01. The van der Waals surface area contributed by atoms with E-state index in [9.17, 15) is 0 Å². The molecule has 1 fully saturated rings. The summed E-state index contributed by atoms with van der Waals surface area (Å²) in [6, 6.07) is 0.580. The molecule has 0 aromatic carbocycles. The van der Waals surface area contributed by atoms with Gasteiger partial charge in [-0.25, -0.2) is 0 Å². The summed E-state index contributed by atoms with van der Waals surface area (Å²) in [5.74, 6) is 1.17. The Bertz CT molecular complexity index is 230. The number of fused-ring (bicyclic) bond motifs is 2. The van der Waals surface area contributed by atoms with Gasteiger partial charge in [-0.05, 0) is 6.92 Å². The highest BCUT2D eigenvalue weighted by Crippen LogP contribution is 2.27. The number of nitrogens with zero attached hydrogens (tertiary/aromatic N) is 2. The largest absolute Gasteiger partial charge is 0.354 e. The lowest BCUT2D eigenvalue weighted by atomic mass is 10.1. The van der Waals surface area contributed by atoms with Crippen molar-refractivity contribution in [2.45, 2.75) is 13.0 Å². The van der Waals surface area contributed by atoms with Crippen LogP contribution in [0.15, 0.2) is 24.0 Å². The minimum Gasteiger partial charge on any atom is -0.354 e. The third-order valence-corrected chi connectivity index (χ3v) is 2.59. The van der Waals surface area contributed by atoms with E-state index in [-0.39, 0.29) is 0 Å². The molecule has 0 N–H and O–H groups in total. The predicted molar refractivity (Wildman–Crippen MR) is 46.0 cm³/mol. The van der Waals surface area contributed by atoms with E-state index >= 15 is 0 Å². The number of hydrogen-bond donors (Lipinski definition) is 0. The summed E-state index contributed by atoms with van der Waals surface area (Å²) < 4.78 is 0. The standard InChI is InChI=1S/C9H14N2/c1-7-4-9-6-11(5-7)8(2)10(9)3/h4,9H,2,5-6H2,1,3H3. The molecule has 60 valence electrons. The molecule has 2 nitrogen and oxygen atoms in total. The average molecular weight is 150 g/mol. The quantitative estimate of drug-likeness (QED) is 0.476. The maximum Gasteiger partial charge on any atom is 0.0971 e. The summed E-state index contributed by atoms with van der Waals surface area (Å²) in [6.07, 6.45) is 2.34. The number of likely N-dealkylation sites (N-methyl/N-ethyl adjacent to an activating group) is 1. The van der Waals surface area contributed by atoms with Crippen LogP contribution in [0.4, 0.5) is 0 Å². The Hall–Kier alpha value is -0.920.